The number of amides is 1. The molecule has 3 atom stereocenters. The molecular weight excluding hydrogens is 458 g/mol. The number of ether oxygens (including phenoxy) is 2. The molecule has 16 heteroatoms. The van der Waals surface area contributed by atoms with E-state index in [1.165, 1.54) is 7.85 Å². The Bertz CT molecular complexity index is 768. The average Bonchev–Trinajstić information content (AvgIpc) is 2.82. The van der Waals surface area contributed by atoms with E-state index in [-0.39, 0.29) is 6.61 Å². The Kier molecular flexibility index (Phi) is 9.14. The van der Waals surface area contributed by atoms with E-state index in [9.17, 15) is 34.8 Å². The van der Waals surface area contributed by atoms with Gasteiger partial charge in [0, 0.05) is 12.6 Å². The van der Waals surface area contributed by atoms with Crippen molar-refractivity contribution in [2.75, 3.05) is 32.3 Å². The zero-order chi connectivity index (χ0) is 23.4. The highest BCUT2D eigenvalue weighted by atomic mass is 32.2. The first-order valence-electron chi connectivity index (χ1n) is 8.86. The maximum absolute atomic E-state index is 12.8. The van der Waals surface area contributed by atoms with Crippen molar-refractivity contribution in [3.63, 3.8) is 0 Å². The molecule has 0 radical (unpaired) electrons. The first kappa shape index (κ1) is 27.1. The highest BCUT2D eigenvalue weighted by Gasteiger charge is 2.57. The van der Waals surface area contributed by atoms with Crippen molar-refractivity contribution in [3.8, 4) is 0 Å². The third-order valence-corrected chi connectivity index (χ3v) is 5.25. The smallest absolute Gasteiger partial charge is 0.373 e. The van der Waals surface area contributed by atoms with Gasteiger partial charge < -0.3 is 14.8 Å². The van der Waals surface area contributed by atoms with Crippen molar-refractivity contribution >= 4 is 34.0 Å². The maximum Gasteiger partial charge on any atom is 0.471 e. The van der Waals surface area contributed by atoms with Gasteiger partial charge in [-0.15, -0.1) is 0 Å². The van der Waals surface area contributed by atoms with Crippen LogP contribution in [0.5, 0.6) is 0 Å². The molecule has 1 saturated heterocycles. The molecule has 0 unspecified atom stereocenters. The van der Waals surface area contributed by atoms with Gasteiger partial charge in [0.2, 0.25) is 0 Å². The molecule has 1 fully saturated rings. The Hall–Kier alpha value is -0.935. The quantitative estimate of drug-likeness (QED) is 0.221. The second-order valence-corrected chi connectivity index (χ2v) is 10.3. The molecule has 0 aromatic carbocycles. The van der Waals surface area contributed by atoms with Crippen molar-refractivity contribution in [2.45, 2.75) is 49.7 Å². The third-order valence-electron chi connectivity index (χ3n) is 4.16. The summed E-state index contributed by atoms with van der Waals surface area (Å²) < 4.78 is 105. The van der Waals surface area contributed by atoms with Gasteiger partial charge in [-0.25, -0.2) is 0 Å². The van der Waals surface area contributed by atoms with Gasteiger partial charge in [-0.2, -0.15) is 30.0 Å². The van der Waals surface area contributed by atoms with Crippen LogP contribution in [0.3, 0.4) is 0 Å². The molecule has 1 aliphatic heterocycles. The minimum Gasteiger partial charge on any atom is -0.373 e. The second-order valence-electron chi connectivity index (χ2n) is 6.96. The van der Waals surface area contributed by atoms with Crippen LogP contribution in [-0.2, 0) is 42.9 Å². The highest BCUT2D eigenvalue weighted by Crippen LogP contribution is 2.35. The Morgan fingerprint density at radius 3 is 2.03 bits per heavy atom. The Labute approximate surface area is 174 Å². The number of nitrogens with one attached hydrogen (secondary N) is 1. The van der Waals surface area contributed by atoms with Crippen LogP contribution in [0.15, 0.2) is 0 Å². The van der Waals surface area contributed by atoms with Crippen molar-refractivity contribution in [3.05, 3.63) is 0 Å². The molecule has 0 saturated carbocycles. The lowest BCUT2D eigenvalue weighted by Gasteiger charge is -2.34. The molecule has 1 amide bonds. The molecule has 1 aliphatic rings. The fourth-order valence-corrected chi connectivity index (χ4v) is 3.64. The minimum absolute atomic E-state index is 0.0230. The molecule has 1 heterocycles. The summed E-state index contributed by atoms with van der Waals surface area (Å²) >= 11 is 0. The summed E-state index contributed by atoms with van der Waals surface area (Å²) in [6.07, 6.45) is -3.98. The summed E-state index contributed by atoms with van der Waals surface area (Å²) in [6, 6.07) is -2.50. The molecular formula is C14H25BF3NO9S2. The molecule has 10 nitrogen and oxygen atoms in total. The number of rotatable bonds is 11. The zero-order valence-corrected chi connectivity index (χ0v) is 18.5. The molecule has 0 aromatic heterocycles. The number of carbonyl (C=O) groups is 1. The van der Waals surface area contributed by atoms with Crippen molar-refractivity contribution in [1.29, 1.82) is 0 Å². The van der Waals surface area contributed by atoms with E-state index in [4.69, 9.17) is 17.8 Å². The van der Waals surface area contributed by atoms with Crippen LogP contribution in [0.4, 0.5) is 13.2 Å². The van der Waals surface area contributed by atoms with Gasteiger partial charge in [-0.1, -0.05) is 13.3 Å². The third kappa shape index (κ3) is 8.30. The molecule has 1 N–H and O–H groups in total. The van der Waals surface area contributed by atoms with Crippen LogP contribution < -0.4 is 5.32 Å². The molecule has 0 bridgehead atoms. The van der Waals surface area contributed by atoms with Crippen LogP contribution in [0.25, 0.3) is 0 Å². The van der Waals surface area contributed by atoms with Crippen LogP contribution in [0, 0.1) is 0 Å². The highest BCUT2D eigenvalue weighted by molar-refractivity contribution is 7.86. The summed E-state index contributed by atoms with van der Waals surface area (Å²) in [5.74, 6) is -2.25. The molecule has 0 aromatic rings. The standard InChI is InChI=1S/C14H25BF3NO9S2/c1-4-5-6-25-10-9(19-12(20)14(16,17)18)11(15)28-13(10,7-26-29(2,21)22)8-27-30(3,23)24/h9-11H,4-8,15H2,1-3H3,(H,19,20)/t9-,10+,11-/m1/s1. The van der Waals surface area contributed by atoms with E-state index < -0.39 is 69.3 Å². The van der Waals surface area contributed by atoms with E-state index in [0.717, 1.165) is 12.5 Å². The lowest BCUT2D eigenvalue weighted by molar-refractivity contribution is -0.175. The second kappa shape index (κ2) is 10.1. The fraction of sp³-hybridized carbons (Fsp3) is 0.929. The van der Waals surface area contributed by atoms with Gasteiger partial charge in [-0.05, 0) is 6.42 Å². The SMILES string of the molecule is B[C@@H]1OC(COS(C)(=O)=O)(COS(C)(=O)=O)[C@@H](OCCCC)[C@H]1NC(=O)C(F)(F)F. The van der Waals surface area contributed by atoms with Gasteiger partial charge in [0.15, 0.2) is 0 Å². The molecule has 0 aliphatic carbocycles. The van der Waals surface area contributed by atoms with Gasteiger partial charge in [0.05, 0.1) is 18.6 Å². The molecule has 30 heavy (non-hydrogen) atoms. The number of alkyl halides is 3. The Balaban J connectivity index is 3.31. The summed E-state index contributed by atoms with van der Waals surface area (Å²) in [7, 11) is -6.76. The van der Waals surface area contributed by atoms with Crippen LogP contribution in [0.2, 0.25) is 0 Å². The lowest BCUT2D eigenvalue weighted by Crippen LogP contribution is -2.57. The first-order valence-corrected chi connectivity index (χ1v) is 12.5. The normalized spacial score (nSPS) is 24.7. The van der Waals surface area contributed by atoms with Crippen LogP contribution >= 0.6 is 0 Å². The largest absolute Gasteiger partial charge is 0.471 e. The van der Waals surface area contributed by atoms with Gasteiger partial charge in [0.25, 0.3) is 20.2 Å². The zero-order valence-electron chi connectivity index (χ0n) is 16.9. The fourth-order valence-electron chi connectivity index (χ4n) is 2.81. The van der Waals surface area contributed by atoms with Crippen LogP contribution in [0.1, 0.15) is 19.8 Å². The van der Waals surface area contributed by atoms with Gasteiger partial charge in [-0.3, -0.25) is 13.2 Å². The summed E-state index contributed by atoms with van der Waals surface area (Å²) in [6.45, 7) is 0.240. The molecule has 1 rings (SSSR count). The van der Waals surface area contributed by atoms with Crippen molar-refractivity contribution in [1.82, 2.24) is 5.32 Å². The lowest BCUT2D eigenvalue weighted by atomic mass is 9.87. The van der Waals surface area contributed by atoms with Crippen molar-refractivity contribution in [2.24, 2.45) is 0 Å². The van der Waals surface area contributed by atoms with E-state index in [2.05, 4.69) is 0 Å². The van der Waals surface area contributed by atoms with E-state index in [1.807, 2.05) is 6.92 Å². The predicted octanol–water partition coefficient (Wildman–Crippen LogP) is -1.10. The summed E-state index contributed by atoms with van der Waals surface area (Å²) in [5, 5.41) is 1.77. The minimum atomic E-state index is -5.19. The average molecular weight is 483 g/mol. The monoisotopic (exact) mass is 483 g/mol. The molecule has 176 valence electrons. The van der Waals surface area contributed by atoms with E-state index in [1.54, 1.807) is 5.32 Å². The first-order chi connectivity index (χ1) is 13.5. The molecule has 0 spiro atoms. The van der Waals surface area contributed by atoms with E-state index >= 15 is 0 Å². The number of hydrogen-bond donors (Lipinski definition) is 1. The van der Waals surface area contributed by atoms with E-state index in [0.29, 0.717) is 12.8 Å². The number of halogens is 3. The summed E-state index contributed by atoms with van der Waals surface area (Å²) in [4.78, 5) is 11.5. The number of hydrogen-bond acceptors (Lipinski definition) is 9. The van der Waals surface area contributed by atoms with Gasteiger partial charge in [0.1, 0.15) is 32.8 Å². The number of carbonyl (C=O) groups excluding carboxylic acids is 1. The predicted molar refractivity (Wildman–Crippen MR) is 100 cm³/mol. The van der Waals surface area contributed by atoms with Crippen molar-refractivity contribution < 1.29 is 52.6 Å². The van der Waals surface area contributed by atoms with Crippen LogP contribution in [-0.4, -0.2) is 92.8 Å². The Morgan fingerprint density at radius 2 is 1.63 bits per heavy atom. The van der Waals surface area contributed by atoms with Gasteiger partial charge >= 0.3 is 12.1 Å². The Morgan fingerprint density at radius 1 is 1.13 bits per heavy atom. The number of unbranched alkanes of at least 4 members (excludes halogenated alkanes) is 1. The maximum atomic E-state index is 12.8. The summed E-state index contributed by atoms with van der Waals surface area (Å²) in [5.41, 5.74) is -1.93. The topological polar surface area (TPSA) is 134 Å².